The molecule has 2 aromatic rings. The van der Waals surface area contributed by atoms with Crippen LogP contribution in [0.15, 0.2) is 60.1 Å². The average molecular weight is 338 g/mol. The minimum atomic E-state index is -4.33. The second-order valence-electron chi connectivity index (χ2n) is 4.01. The normalized spacial score (nSPS) is 11.4. The lowest BCUT2D eigenvalue weighted by Crippen LogP contribution is -2.04. The Morgan fingerprint density at radius 2 is 1.78 bits per heavy atom. The summed E-state index contributed by atoms with van der Waals surface area (Å²) in [5, 5.41) is 2.40. The Balaban J connectivity index is 0.00000127. The van der Waals surface area contributed by atoms with Crippen LogP contribution < -0.4 is 0 Å². The molecule has 0 amide bonds. The maximum absolute atomic E-state index is 12.5. The zero-order chi connectivity index (χ0) is 17.5. The van der Waals surface area contributed by atoms with E-state index in [4.69, 9.17) is 0 Å². The summed E-state index contributed by atoms with van der Waals surface area (Å²) in [5.41, 5.74) is 1.13. The van der Waals surface area contributed by atoms with Crippen LogP contribution in [0.5, 0.6) is 0 Å². The molecule has 23 heavy (non-hydrogen) atoms. The molecular weight excluding hydrogens is 321 g/mol. The Morgan fingerprint density at radius 3 is 2.26 bits per heavy atom. The molecule has 1 aromatic carbocycles. The van der Waals surface area contributed by atoms with E-state index in [1.165, 1.54) is 29.7 Å². The predicted octanol–water partition coefficient (Wildman–Crippen LogP) is 5.97. The summed E-state index contributed by atoms with van der Waals surface area (Å²) >= 11 is 1.33. The van der Waals surface area contributed by atoms with E-state index in [9.17, 15) is 13.2 Å². The Hall–Kier alpha value is -2.21. The summed E-state index contributed by atoms with van der Waals surface area (Å²) in [6.45, 7) is 11.1. The third kappa shape index (κ3) is 4.89. The van der Waals surface area contributed by atoms with Crippen LogP contribution in [0, 0.1) is 0 Å². The summed E-state index contributed by atoms with van der Waals surface area (Å²) in [5.74, 6) is 0. The van der Waals surface area contributed by atoms with Crippen LogP contribution in [0.1, 0.15) is 25.1 Å². The van der Waals surface area contributed by atoms with Gasteiger partial charge in [-0.15, -0.1) is 11.3 Å². The van der Waals surface area contributed by atoms with Crippen molar-refractivity contribution < 1.29 is 13.2 Å². The van der Waals surface area contributed by atoms with Crippen LogP contribution in [0.4, 0.5) is 13.2 Å². The topological polar surface area (TPSA) is 25.2 Å². The van der Waals surface area contributed by atoms with Crippen molar-refractivity contribution in [2.75, 3.05) is 0 Å². The Morgan fingerprint density at radius 1 is 1.17 bits per heavy atom. The number of nitrogens with zero attached hydrogens (tertiary/aromatic N) is 2. The molecule has 0 saturated carbocycles. The minimum absolute atomic E-state index is 0.569. The van der Waals surface area contributed by atoms with Crippen LogP contribution in [0.3, 0.4) is 0 Å². The third-order valence-electron chi connectivity index (χ3n) is 2.65. The molecule has 2 rings (SSSR count). The number of alkyl halides is 3. The fourth-order valence-electron chi connectivity index (χ4n) is 1.65. The van der Waals surface area contributed by atoms with E-state index in [2.05, 4.69) is 23.1 Å². The number of halogens is 3. The molecule has 0 aliphatic rings. The molecule has 6 heteroatoms. The molecule has 0 radical (unpaired) electrons. The number of hydrogen-bond acceptors (Lipinski definition) is 3. The Kier molecular flexibility index (Phi) is 6.90. The molecule has 0 fully saturated rings. The number of aromatic nitrogens is 1. The highest BCUT2D eigenvalue weighted by Crippen LogP contribution is 2.31. The van der Waals surface area contributed by atoms with Gasteiger partial charge in [-0.05, 0) is 18.2 Å². The summed E-state index contributed by atoms with van der Waals surface area (Å²) in [6, 6.07) is 4.90. The van der Waals surface area contributed by atoms with E-state index in [0.717, 1.165) is 12.1 Å². The highest BCUT2D eigenvalue weighted by Gasteiger charge is 2.30. The maximum atomic E-state index is 12.5. The lowest BCUT2D eigenvalue weighted by Gasteiger charge is -2.06. The first kappa shape index (κ1) is 18.8. The van der Waals surface area contributed by atoms with Crippen molar-refractivity contribution in [3.05, 3.63) is 66.3 Å². The highest BCUT2D eigenvalue weighted by molar-refractivity contribution is 7.13. The second kappa shape index (κ2) is 8.43. The van der Waals surface area contributed by atoms with E-state index in [-0.39, 0.29) is 0 Å². The van der Waals surface area contributed by atoms with Crippen LogP contribution >= 0.6 is 11.3 Å². The molecule has 1 heterocycles. The van der Waals surface area contributed by atoms with Gasteiger partial charge in [0.25, 0.3) is 0 Å². The summed E-state index contributed by atoms with van der Waals surface area (Å²) in [4.78, 5) is 8.37. The van der Waals surface area contributed by atoms with Crippen molar-refractivity contribution in [2.45, 2.75) is 20.0 Å². The SMILES string of the molecule is C=CN=C(C=C)c1csc(-c2ccc(C(F)(F)F)cc2)n1.CC. The smallest absolute Gasteiger partial charge is 0.255 e. The zero-order valence-electron chi connectivity index (χ0n) is 12.9. The molecular formula is C17H17F3N2S. The van der Waals surface area contributed by atoms with Crippen LogP contribution in [-0.4, -0.2) is 10.7 Å². The molecule has 0 aliphatic carbocycles. The number of rotatable bonds is 4. The van der Waals surface area contributed by atoms with Crippen molar-refractivity contribution >= 4 is 17.0 Å². The van der Waals surface area contributed by atoms with E-state index in [0.29, 0.717) is 22.0 Å². The van der Waals surface area contributed by atoms with Gasteiger partial charge in [0.15, 0.2) is 0 Å². The van der Waals surface area contributed by atoms with Crippen molar-refractivity contribution in [2.24, 2.45) is 4.99 Å². The van der Waals surface area contributed by atoms with Gasteiger partial charge >= 0.3 is 6.18 Å². The molecule has 2 nitrogen and oxygen atoms in total. The van der Waals surface area contributed by atoms with Gasteiger partial charge in [-0.3, -0.25) is 4.99 Å². The first-order chi connectivity index (χ1) is 11.0. The molecule has 122 valence electrons. The first-order valence-electron chi connectivity index (χ1n) is 6.90. The van der Waals surface area contributed by atoms with E-state index in [1.807, 2.05) is 13.8 Å². The van der Waals surface area contributed by atoms with Crippen molar-refractivity contribution in [3.8, 4) is 10.6 Å². The van der Waals surface area contributed by atoms with Gasteiger partial charge in [0.1, 0.15) is 10.7 Å². The van der Waals surface area contributed by atoms with Gasteiger partial charge in [0, 0.05) is 17.1 Å². The van der Waals surface area contributed by atoms with E-state index >= 15 is 0 Å². The molecule has 0 bridgehead atoms. The molecule has 1 aromatic heterocycles. The van der Waals surface area contributed by atoms with Gasteiger partial charge in [0.05, 0.1) is 11.3 Å². The highest BCUT2D eigenvalue weighted by atomic mass is 32.1. The molecule has 0 spiro atoms. The molecule has 0 unspecified atom stereocenters. The summed E-state index contributed by atoms with van der Waals surface area (Å²) in [6.07, 6.45) is -1.40. The number of allylic oxidation sites excluding steroid dienone is 1. The monoisotopic (exact) mass is 338 g/mol. The Labute approximate surface area is 137 Å². The number of hydrogen-bond donors (Lipinski definition) is 0. The molecule has 0 atom stereocenters. The van der Waals surface area contributed by atoms with Crippen LogP contribution in [0.2, 0.25) is 0 Å². The fraction of sp³-hybridized carbons (Fsp3) is 0.176. The predicted molar refractivity (Wildman–Crippen MR) is 90.8 cm³/mol. The van der Waals surface area contributed by atoms with Crippen molar-refractivity contribution in [1.82, 2.24) is 4.98 Å². The van der Waals surface area contributed by atoms with E-state index < -0.39 is 11.7 Å². The molecule has 0 saturated heterocycles. The van der Waals surface area contributed by atoms with Crippen molar-refractivity contribution in [1.29, 1.82) is 0 Å². The second-order valence-corrected chi connectivity index (χ2v) is 4.87. The molecule has 0 aliphatic heterocycles. The standard InChI is InChI=1S/C15H11F3N2S.C2H6/c1-3-12(19-4-2)13-9-21-14(20-13)10-5-7-11(8-6-10)15(16,17)18;1-2/h3-9H,1-2H2;1-2H3. The first-order valence-corrected chi connectivity index (χ1v) is 7.78. The van der Waals surface area contributed by atoms with Crippen molar-refractivity contribution in [3.63, 3.8) is 0 Å². The minimum Gasteiger partial charge on any atom is -0.255 e. The third-order valence-corrected chi connectivity index (χ3v) is 3.54. The van der Waals surface area contributed by atoms with Crippen LogP contribution in [0.25, 0.3) is 10.6 Å². The average Bonchev–Trinajstić information content (AvgIpc) is 3.03. The fourth-order valence-corrected chi connectivity index (χ4v) is 2.47. The van der Waals surface area contributed by atoms with Gasteiger partial charge in [-0.25, -0.2) is 4.98 Å². The largest absolute Gasteiger partial charge is 0.416 e. The number of benzene rings is 1. The van der Waals surface area contributed by atoms with Crippen LogP contribution in [-0.2, 0) is 6.18 Å². The lowest BCUT2D eigenvalue weighted by molar-refractivity contribution is -0.137. The Bertz CT molecular complexity index is 683. The maximum Gasteiger partial charge on any atom is 0.416 e. The van der Waals surface area contributed by atoms with Gasteiger partial charge < -0.3 is 0 Å². The van der Waals surface area contributed by atoms with Gasteiger partial charge in [-0.1, -0.05) is 39.1 Å². The lowest BCUT2D eigenvalue weighted by atomic mass is 10.1. The van der Waals surface area contributed by atoms with Gasteiger partial charge in [-0.2, -0.15) is 13.2 Å². The zero-order valence-corrected chi connectivity index (χ0v) is 13.7. The van der Waals surface area contributed by atoms with Gasteiger partial charge in [0.2, 0.25) is 0 Å². The quantitative estimate of drug-likeness (QED) is 0.630. The summed E-state index contributed by atoms with van der Waals surface area (Å²) in [7, 11) is 0. The van der Waals surface area contributed by atoms with E-state index in [1.54, 1.807) is 11.5 Å². The molecule has 0 N–H and O–H groups in total. The number of aliphatic imine (C=N–C) groups is 1. The summed E-state index contributed by atoms with van der Waals surface area (Å²) < 4.78 is 37.5. The number of thiazole rings is 1.